The second-order valence-electron chi connectivity index (χ2n) is 4.38. The van der Waals surface area contributed by atoms with Gasteiger partial charge in [-0.05, 0) is 49.7 Å². The average molecular weight is 296 g/mol. The standard InChI is InChI=1S/C14H14ClNO2S/c1-10-3-8-14(11(2)9-10)16-19(17,18)13-6-4-12(15)5-7-13/h3-9,16H,1-2H3. The van der Waals surface area contributed by atoms with Gasteiger partial charge >= 0.3 is 0 Å². The number of hydrogen-bond acceptors (Lipinski definition) is 2. The second kappa shape index (κ2) is 5.23. The lowest BCUT2D eigenvalue weighted by atomic mass is 10.1. The summed E-state index contributed by atoms with van der Waals surface area (Å²) in [7, 11) is -3.57. The maximum absolute atomic E-state index is 12.2. The van der Waals surface area contributed by atoms with Crippen molar-refractivity contribution in [2.75, 3.05) is 4.72 Å². The van der Waals surface area contributed by atoms with Crippen LogP contribution >= 0.6 is 11.6 Å². The van der Waals surface area contributed by atoms with Gasteiger partial charge in [0.1, 0.15) is 0 Å². The summed E-state index contributed by atoms with van der Waals surface area (Å²) in [6.07, 6.45) is 0. The highest BCUT2D eigenvalue weighted by Crippen LogP contribution is 2.21. The molecule has 0 atom stereocenters. The highest BCUT2D eigenvalue weighted by atomic mass is 35.5. The van der Waals surface area contributed by atoms with Crippen LogP contribution in [0.5, 0.6) is 0 Å². The molecule has 0 spiro atoms. The monoisotopic (exact) mass is 295 g/mol. The van der Waals surface area contributed by atoms with Crippen molar-refractivity contribution < 1.29 is 8.42 Å². The van der Waals surface area contributed by atoms with E-state index in [0.717, 1.165) is 11.1 Å². The van der Waals surface area contributed by atoms with E-state index in [4.69, 9.17) is 11.6 Å². The van der Waals surface area contributed by atoms with Gasteiger partial charge in [-0.25, -0.2) is 8.42 Å². The van der Waals surface area contributed by atoms with Gasteiger partial charge in [0.25, 0.3) is 10.0 Å². The molecule has 0 aromatic heterocycles. The van der Waals surface area contributed by atoms with Crippen LogP contribution in [0, 0.1) is 13.8 Å². The Morgan fingerprint density at radius 1 is 1.00 bits per heavy atom. The van der Waals surface area contributed by atoms with Gasteiger partial charge in [-0.1, -0.05) is 29.3 Å². The zero-order chi connectivity index (χ0) is 14.0. The summed E-state index contributed by atoms with van der Waals surface area (Å²) in [5, 5.41) is 0.505. The number of hydrogen-bond donors (Lipinski definition) is 1. The number of anilines is 1. The molecule has 0 saturated carbocycles. The van der Waals surface area contributed by atoms with Gasteiger partial charge in [0.2, 0.25) is 0 Å². The van der Waals surface area contributed by atoms with Gasteiger partial charge in [-0.15, -0.1) is 0 Å². The topological polar surface area (TPSA) is 46.2 Å². The Balaban J connectivity index is 2.33. The van der Waals surface area contributed by atoms with Gasteiger partial charge in [0.15, 0.2) is 0 Å². The molecule has 0 bridgehead atoms. The molecule has 0 radical (unpaired) electrons. The Kier molecular flexibility index (Phi) is 3.83. The Bertz CT molecular complexity index is 694. The molecule has 3 nitrogen and oxygen atoms in total. The second-order valence-corrected chi connectivity index (χ2v) is 6.50. The third kappa shape index (κ3) is 3.28. The van der Waals surface area contributed by atoms with E-state index in [1.807, 2.05) is 26.0 Å². The molecule has 0 unspecified atom stereocenters. The molecule has 2 aromatic rings. The van der Waals surface area contributed by atoms with E-state index in [-0.39, 0.29) is 4.90 Å². The number of sulfonamides is 1. The van der Waals surface area contributed by atoms with Crippen molar-refractivity contribution >= 4 is 27.3 Å². The van der Waals surface area contributed by atoms with E-state index in [1.54, 1.807) is 18.2 Å². The predicted molar refractivity (Wildman–Crippen MR) is 78.2 cm³/mol. The predicted octanol–water partition coefficient (Wildman–Crippen LogP) is 3.76. The number of rotatable bonds is 3. The first-order valence-corrected chi connectivity index (χ1v) is 7.60. The molecule has 0 heterocycles. The lowest BCUT2D eigenvalue weighted by Crippen LogP contribution is -2.13. The van der Waals surface area contributed by atoms with Crippen molar-refractivity contribution in [2.45, 2.75) is 18.7 Å². The van der Waals surface area contributed by atoms with Crippen LogP contribution in [-0.4, -0.2) is 8.42 Å². The average Bonchev–Trinajstić information content (AvgIpc) is 2.33. The van der Waals surface area contributed by atoms with Crippen LogP contribution in [0.1, 0.15) is 11.1 Å². The zero-order valence-corrected chi connectivity index (χ0v) is 12.2. The van der Waals surface area contributed by atoms with E-state index in [1.165, 1.54) is 12.1 Å². The number of halogens is 1. The molecular weight excluding hydrogens is 282 g/mol. The van der Waals surface area contributed by atoms with Crippen LogP contribution in [0.2, 0.25) is 5.02 Å². The normalized spacial score (nSPS) is 11.3. The maximum Gasteiger partial charge on any atom is 0.261 e. The van der Waals surface area contributed by atoms with Gasteiger partial charge in [-0.2, -0.15) is 0 Å². The third-order valence-corrected chi connectivity index (χ3v) is 4.38. The first-order valence-electron chi connectivity index (χ1n) is 5.74. The smallest absolute Gasteiger partial charge is 0.261 e. The van der Waals surface area contributed by atoms with Crippen LogP contribution in [0.3, 0.4) is 0 Å². The minimum atomic E-state index is -3.57. The highest BCUT2D eigenvalue weighted by molar-refractivity contribution is 7.92. The van der Waals surface area contributed by atoms with Crippen molar-refractivity contribution in [3.05, 3.63) is 58.6 Å². The molecule has 0 saturated heterocycles. The lowest BCUT2D eigenvalue weighted by molar-refractivity contribution is 0.601. The molecule has 0 aliphatic carbocycles. The van der Waals surface area contributed by atoms with Crippen molar-refractivity contribution in [2.24, 2.45) is 0 Å². The third-order valence-electron chi connectivity index (χ3n) is 2.75. The van der Waals surface area contributed by atoms with Crippen molar-refractivity contribution in [1.29, 1.82) is 0 Å². The Labute approximate surface area is 118 Å². The van der Waals surface area contributed by atoms with Crippen molar-refractivity contribution in [1.82, 2.24) is 0 Å². The first-order chi connectivity index (χ1) is 8.88. The molecule has 0 aliphatic heterocycles. The summed E-state index contributed by atoms with van der Waals surface area (Å²) in [6.45, 7) is 3.83. The molecule has 0 amide bonds. The summed E-state index contributed by atoms with van der Waals surface area (Å²) >= 11 is 5.75. The maximum atomic E-state index is 12.2. The fourth-order valence-corrected chi connectivity index (χ4v) is 3.00. The molecule has 5 heteroatoms. The molecule has 0 fully saturated rings. The molecule has 100 valence electrons. The molecule has 0 aliphatic rings. The van der Waals surface area contributed by atoms with Crippen LogP contribution in [-0.2, 0) is 10.0 Å². The Morgan fingerprint density at radius 3 is 2.21 bits per heavy atom. The molecule has 2 rings (SSSR count). The summed E-state index contributed by atoms with van der Waals surface area (Å²) in [6, 6.07) is 11.6. The van der Waals surface area contributed by atoms with Crippen LogP contribution in [0.15, 0.2) is 47.4 Å². The van der Waals surface area contributed by atoms with E-state index in [2.05, 4.69) is 4.72 Å². The SMILES string of the molecule is Cc1ccc(NS(=O)(=O)c2ccc(Cl)cc2)c(C)c1. The lowest BCUT2D eigenvalue weighted by Gasteiger charge is -2.11. The van der Waals surface area contributed by atoms with Gasteiger partial charge in [0, 0.05) is 5.02 Å². The van der Waals surface area contributed by atoms with E-state index >= 15 is 0 Å². The highest BCUT2D eigenvalue weighted by Gasteiger charge is 2.14. The van der Waals surface area contributed by atoms with Crippen molar-refractivity contribution in [3.8, 4) is 0 Å². The van der Waals surface area contributed by atoms with Crippen LogP contribution in [0.25, 0.3) is 0 Å². The quantitative estimate of drug-likeness (QED) is 0.937. The largest absolute Gasteiger partial charge is 0.279 e. The van der Waals surface area contributed by atoms with E-state index in [0.29, 0.717) is 10.7 Å². The van der Waals surface area contributed by atoms with Gasteiger partial charge in [-0.3, -0.25) is 4.72 Å². The summed E-state index contributed by atoms with van der Waals surface area (Å²) in [5.74, 6) is 0. The fraction of sp³-hybridized carbons (Fsp3) is 0.143. The minimum Gasteiger partial charge on any atom is -0.279 e. The first kappa shape index (κ1) is 13.9. The summed E-state index contributed by atoms with van der Waals surface area (Å²) in [4.78, 5) is 0.192. The minimum absolute atomic E-state index is 0.192. The summed E-state index contributed by atoms with van der Waals surface area (Å²) < 4.78 is 27.0. The number of nitrogens with one attached hydrogen (secondary N) is 1. The fourth-order valence-electron chi connectivity index (χ4n) is 1.75. The van der Waals surface area contributed by atoms with E-state index < -0.39 is 10.0 Å². The molecule has 1 N–H and O–H groups in total. The van der Waals surface area contributed by atoms with E-state index in [9.17, 15) is 8.42 Å². The zero-order valence-electron chi connectivity index (χ0n) is 10.6. The number of aryl methyl sites for hydroxylation is 2. The van der Waals surface area contributed by atoms with Crippen molar-refractivity contribution in [3.63, 3.8) is 0 Å². The Morgan fingerprint density at radius 2 is 1.63 bits per heavy atom. The van der Waals surface area contributed by atoms with Gasteiger partial charge < -0.3 is 0 Å². The molecular formula is C14H14ClNO2S. The van der Waals surface area contributed by atoms with Crippen LogP contribution in [0.4, 0.5) is 5.69 Å². The molecule has 2 aromatic carbocycles. The Hall–Kier alpha value is -1.52. The number of benzene rings is 2. The molecule has 19 heavy (non-hydrogen) atoms. The van der Waals surface area contributed by atoms with Crippen LogP contribution < -0.4 is 4.72 Å². The summed E-state index contributed by atoms with van der Waals surface area (Å²) in [5.41, 5.74) is 2.56. The van der Waals surface area contributed by atoms with Gasteiger partial charge in [0.05, 0.1) is 10.6 Å².